The van der Waals surface area contributed by atoms with Crippen molar-refractivity contribution in [1.82, 2.24) is 20.0 Å². The molecule has 2 aromatic heterocycles. The first kappa shape index (κ1) is 18.7. The maximum Gasteiger partial charge on any atom is 0.278 e. The number of aromatic nitrogens is 4. The van der Waals surface area contributed by atoms with Crippen molar-refractivity contribution >= 4 is 38.3 Å². The van der Waals surface area contributed by atoms with Gasteiger partial charge in [0.1, 0.15) is 0 Å². The number of fused-ring (bicyclic) bond motifs is 1. The minimum Gasteiger partial charge on any atom is -0.378 e. The summed E-state index contributed by atoms with van der Waals surface area (Å²) in [6, 6.07) is 15.3. The molecule has 2 aromatic carbocycles. The number of morpholine rings is 1. The van der Waals surface area contributed by atoms with Gasteiger partial charge in [0.2, 0.25) is 0 Å². The summed E-state index contributed by atoms with van der Waals surface area (Å²) in [6.07, 6.45) is 0. The third-order valence-electron chi connectivity index (χ3n) is 4.90. The minimum atomic E-state index is -0.285. The van der Waals surface area contributed by atoms with E-state index >= 15 is 0 Å². The zero-order valence-electron chi connectivity index (χ0n) is 16.4. The average molecular weight is 420 g/mol. The molecule has 152 valence electrons. The van der Waals surface area contributed by atoms with Gasteiger partial charge in [0, 0.05) is 18.8 Å². The Labute approximate surface area is 177 Å². The molecule has 8 nitrogen and oxygen atoms in total. The number of carbonyl (C=O) groups is 1. The Kier molecular flexibility index (Phi) is 4.89. The lowest BCUT2D eigenvalue weighted by atomic mass is 10.2. The number of ether oxygens (including phenoxy) is 1. The van der Waals surface area contributed by atoms with Gasteiger partial charge in [0.05, 0.1) is 34.8 Å². The van der Waals surface area contributed by atoms with Crippen LogP contribution in [-0.4, -0.2) is 52.2 Å². The van der Waals surface area contributed by atoms with Crippen LogP contribution in [-0.2, 0) is 4.74 Å². The number of amides is 1. The number of rotatable bonds is 4. The second kappa shape index (κ2) is 7.85. The molecule has 1 saturated heterocycles. The number of para-hydroxylation sites is 1. The van der Waals surface area contributed by atoms with E-state index < -0.39 is 0 Å². The lowest BCUT2D eigenvalue weighted by Crippen LogP contribution is -2.36. The summed E-state index contributed by atoms with van der Waals surface area (Å²) >= 11 is 1.62. The summed E-state index contributed by atoms with van der Waals surface area (Å²) in [5.41, 5.74) is 3.31. The normalized spacial score (nSPS) is 14.2. The summed E-state index contributed by atoms with van der Waals surface area (Å²) in [5.74, 6) is -0.285. The number of aryl methyl sites for hydroxylation is 1. The summed E-state index contributed by atoms with van der Waals surface area (Å²) in [4.78, 5) is 21.2. The molecule has 30 heavy (non-hydrogen) atoms. The standard InChI is InChI=1S/C21H20N6O2S/c1-14-19(25-27(24-14)16-5-3-2-4-6-16)20(28)22-15-7-8-17-18(13-15)30-21(23-17)26-9-11-29-12-10-26/h2-8,13H,9-12H2,1H3,(H,22,28). The van der Waals surface area contributed by atoms with Gasteiger partial charge in [0.15, 0.2) is 10.8 Å². The summed E-state index contributed by atoms with van der Waals surface area (Å²) in [6.45, 7) is 4.92. The van der Waals surface area contributed by atoms with Crippen LogP contribution >= 0.6 is 11.3 Å². The Hall–Kier alpha value is -3.30. The van der Waals surface area contributed by atoms with Crippen molar-refractivity contribution in [1.29, 1.82) is 0 Å². The predicted molar refractivity (Wildman–Crippen MR) is 117 cm³/mol. The first-order valence-electron chi connectivity index (χ1n) is 9.71. The van der Waals surface area contributed by atoms with E-state index in [0.717, 1.165) is 47.3 Å². The third kappa shape index (κ3) is 3.64. The fourth-order valence-electron chi connectivity index (χ4n) is 3.34. The van der Waals surface area contributed by atoms with Gasteiger partial charge < -0.3 is 15.0 Å². The number of hydrogen-bond acceptors (Lipinski definition) is 7. The fourth-order valence-corrected chi connectivity index (χ4v) is 4.39. The van der Waals surface area contributed by atoms with Gasteiger partial charge in [-0.3, -0.25) is 4.79 Å². The molecule has 4 aromatic rings. The molecule has 1 amide bonds. The molecule has 0 spiro atoms. The van der Waals surface area contributed by atoms with Crippen LogP contribution in [0.2, 0.25) is 0 Å². The smallest absolute Gasteiger partial charge is 0.278 e. The van der Waals surface area contributed by atoms with Crippen LogP contribution in [0.5, 0.6) is 0 Å². The van der Waals surface area contributed by atoms with Crippen LogP contribution in [0.1, 0.15) is 16.2 Å². The zero-order valence-corrected chi connectivity index (χ0v) is 17.2. The average Bonchev–Trinajstić information content (AvgIpc) is 3.38. The molecule has 0 unspecified atom stereocenters. The van der Waals surface area contributed by atoms with E-state index in [4.69, 9.17) is 9.72 Å². The molecular weight excluding hydrogens is 400 g/mol. The Morgan fingerprint density at radius 1 is 1.10 bits per heavy atom. The number of hydrogen-bond donors (Lipinski definition) is 1. The van der Waals surface area contributed by atoms with E-state index in [1.165, 1.54) is 4.80 Å². The van der Waals surface area contributed by atoms with Crippen LogP contribution in [0.4, 0.5) is 10.8 Å². The fraction of sp³-hybridized carbons (Fsp3) is 0.238. The van der Waals surface area contributed by atoms with E-state index in [1.54, 1.807) is 18.3 Å². The van der Waals surface area contributed by atoms with Crippen molar-refractivity contribution in [2.75, 3.05) is 36.5 Å². The maximum absolute atomic E-state index is 12.8. The van der Waals surface area contributed by atoms with E-state index in [2.05, 4.69) is 20.4 Å². The Bertz CT molecular complexity index is 1200. The van der Waals surface area contributed by atoms with Gasteiger partial charge in [-0.1, -0.05) is 29.5 Å². The van der Waals surface area contributed by atoms with Crippen molar-refractivity contribution < 1.29 is 9.53 Å². The molecule has 1 aliphatic rings. The summed E-state index contributed by atoms with van der Waals surface area (Å²) in [5, 5.41) is 12.7. The number of nitrogens with one attached hydrogen (secondary N) is 1. The molecule has 1 N–H and O–H groups in total. The van der Waals surface area contributed by atoms with Crippen molar-refractivity contribution in [3.63, 3.8) is 0 Å². The van der Waals surface area contributed by atoms with Gasteiger partial charge in [-0.25, -0.2) is 4.98 Å². The highest BCUT2D eigenvalue weighted by Gasteiger charge is 2.18. The SMILES string of the molecule is Cc1nn(-c2ccccc2)nc1C(=O)Nc1ccc2nc(N3CCOCC3)sc2c1. The second-order valence-corrected chi connectivity index (χ2v) is 8.00. The Balaban J connectivity index is 1.36. The highest BCUT2D eigenvalue weighted by atomic mass is 32.1. The highest BCUT2D eigenvalue weighted by Crippen LogP contribution is 2.31. The lowest BCUT2D eigenvalue weighted by molar-refractivity contribution is 0.102. The topological polar surface area (TPSA) is 85.2 Å². The van der Waals surface area contributed by atoms with E-state index in [0.29, 0.717) is 17.1 Å². The largest absolute Gasteiger partial charge is 0.378 e. The molecule has 9 heteroatoms. The van der Waals surface area contributed by atoms with Crippen molar-refractivity contribution in [2.45, 2.75) is 6.92 Å². The van der Waals surface area contributed by atoms with Crippen LogP contribution < -0.4 is 10.2 Å². The van der Waals surface area contributed by atoms with Gasteiger partial charge in [0.25, 0.3) is 5.91 Å². The van der Waals surface area contributed by atoms with Crippen molar-refractivity contribution in [3.05, 3.63) is 59.9 Å². The van der Waals surface area contributed by atoms with Gasteiger partial charge in [-0.05, 0) is 37.3 Å². The zero-order chi connectivity index (χ0) is 20.5. The molecule has 0 aliphatic carbocycles. The van der Waals surface area contributed by atoms with E-state index in [-0.39, 0.29) is 5.91 Å². The third-order valence-corrected chi connectivity index (χ3v) is 5.98. The van der Waals surface area contributed by atoms with Gasteiger partial charge in [-0.2, -0.15) is 9.90 Å². The minimum absolute atomic E-state index is 0.285. The lowest BCUT2D eigenvalue weighted by Gasteiger charge is -2.25. The number of thiazole rings is 1. The number of benzene rings is 2. The maximum atomic E-state index is 12.8. The molecule has 5 rings (SSSR count). The van der Waals surface area contributed by atoms with Crippen LogP contribution in [0.25, 0.3) is 15.9 Å². The molecule has 0 atom stereocenters. The number of anilines is 2. The monoisotopic (exact) mass is 420 g/mol. The van der Waals surface area contributed by atoms with E-state index in [1.807, 2.05) is 48.5 Å². The second-order valence-electron chi connectivity index (χ2n) is 6.99. The number of nitrogens with zero attached hydrogens (tertiary/aromatic N) is 5. The molecule has 0 bridgehead atoms. The van der Waals surface area contributed by atoms with Crippen LogP contribution in [0.3, 0.4) is 0 Å². The van der Waals surface area contributed by atoms with Gasteiger partial charge >= 0.3 is 0 Å². The summed E-state index contributed by atoms with van der Waals surface area (Å²) < 4.78 is 6.44. The first-order chi connectivity index (χ1) is 14.7. The van der Waals surface area contributed by atoms with Crippen molar-refractivity contribution in [2.24, 2.45) is 0 Å². The molecule has 3 heterocycles. The van der Waals surface area contributed by atoms with E-state index in [9.17, 15) is 4.79 Å². The highest BCUT2D eigenvalue weighted by molar-refractivity contribution is 7.22. The Morgan fingerprint density at radius 3 is 2.70 bits per heavy atom. The molecular formula is C21H20N6O2S. The molecule has 0 radical (unpaired) electrons. The number of carbonyl (C=O) groups excluding carboxylic acids is 1. The summed E-state index contributed by atoms with van der Waals surface area (Å²) in [7, 11) is 0. The molecule has 0 saturated carbocycles. The molecule has 1 aliphatic heterocycles. The van der Waals surface area contributed by atoms with Crippen LogP contribution in [0.15, 0.2) is 48.5 Å². The van der Waals surface area contributed by atoms with Crippen molar-refractivity contribution in [3.8, 4) is 5.69 Å². The quantitative estimate of drug-likeness (QED) is 0.545. The Morgan fingerprint density at radius 2 is 1.90 bits per heavy atom. The molecule has 1 fully saturated rings. The first-order valence-corrected chi connectivity index (χ1v) is 10.5. The van der Waals surface area contributed by atoms with Crippen LogP contribution in [0, 0.1) is 6.92 Å². The predicted octanol–water partition coefficient (Wildman–Crippen LogP) is 3.27. The van der Waals surface area contributed by atoms with Gasteiger partial charge in [-0.15, -0.1) is 5.10 Å².